The fraction of sp³-hybridized carbons (Fsp3) is 0.536. The molecule has 4 rings (SSSR count). The van der Waals surface area contributed by atoms with Crippen LogP contribution < -0.4 is 5.32 Å². The van der Waals surface area contributed by atoms with E-state index < -0.39 is 0 Å². The number of nitrogens with one attached hydrogen (secondary N) is 1. The molecular weight excluding hydrogens is 396 g/mol. The van der Waals surface area contributed by atoms with E-state index in [0.717, 1.165) is 23.2 Å². The van der Waals surface area contributed by atoms with Crippen LogP contribution in [0.4, 0.5) is 0 Å². The molecule has 174 valence electrons. The molecule has 2 aliphatic rings. The lowest BCUT2D eigenvalue weighted by atomic mass is 9.95. The van der Waals surface area contributed by atoms with Crippen LogP contribution in [-0.4, -0.2) is 28.5 Å². The third kappa shape index (κ3) is 7.98. The Kier molecular flexibility index (Phi) is 9.61. The zero-order valence-electron chi connectivity index (χ0n) is 19.8. The summed E-state index contributed by atoms with van der Waals surface area (Å²) in [4.78, 5) is 4.57. The molecule has 2 fully saturated rings. The summed E-state index contributed by atoms with van der Waals surface area (Å²) in [5.41, 5.74) is 4.22. The van der Waals surface area contributed by atoms with Crippen LogP contribution in [0.25, 0.3) is 0 Å². The van der Waals surface area contributed by atoms with Gasteiger partial charge < -0.3 is 15.5 Å². The van der Waals surface area contributed by atoms with Gasteiger partial charge in [0.2, 0.25) is 0 Å². The van der Waals surface area contributed by atoms with Crippen molar-refractivity contribution in [2.45, 2.75) is 96.7 Å². The van der Waals surface area contributed by atoms with Crippen LogP contribution >= 0.6 is 0 Å². The van der Waals surface area contributed by atoms with E-state index in [2.05, 4.69) is 23.3 Å². The molecule has 2 aromatic carbocycles. The maximum Gasteiger partial charge on any atom is 0.124 e. The first kappa shape index (κ1) is 24.3. The Bertz CT molecular complexity index is 866. The molecule has 2 aliphatic carbocycles. The van der Waals surface area contributed by atoms with Gasteiger partial charge in [0.25, 0.3) is 0 Å². The highest BCUT2D eigenvalue weighted by Gasteiger charge is 2.13. The highest BCUT2D eigenvalue weighted by atomic mass is 16.3. The number of nitrogens with zero attached hydrogens (tertiary/aromatic N) is 1. The molecule has 32 heavy (non-hydrogen) atoms. The van der Waals surface area contributed by atoms with Crippen molar-refractivity contribution in [2.24, 2.45) is 4.99 Å². The van der Waals surface area contributed by atoms with Gasteiger partial charge in [-0.15, -0.1) is 0 Å². The molecule has 4 nitrogen and oxygen atoms in total. The van der Waals surface area contributed by atoms with Crippen molar-refractivity contribution in [2.75, 3.05) is 0 Å². The number of hydrogen-bond acceptors (Lipinski definition) is 4. The van der Waals surface area contributed by atoms with Crippen molar-refractivity contribution in [1.82, 2.24) is 5.32 Å². The molecule has 0 aromatic heterocycles. The second-order valence-corrected chi connectivity index (χ2v) is 9.48. The second kappa shape index (κ2) is 12.6. The first-order valence-electron chi connectivity index (χ1n) is 12.4. The third-order valence-corrected chi connectivity index (χ3v) is 6.60. The van der Waals surface area contributed by atoms with Crippen LogP contribution in [0.2, 0.25) is 0 Å². The van der Waals surface area contributed by atoms with E-state index in [9.17, 15) is 10.2 Å². The lowest BCUT2D eigenvalue weighted by Crippen LogP contribution is -2.30. The normalized spacial score (nSPS) is 17.8. The fourth-order valence-electron chi connectivity index (χ4n) is 4.61. The van der Waals surface area contributed by atoms with Crippen molar-refractivity contribution in [1.29, 1.82) is 0 Å². The maximum absolute atomic E-state index is 9.72. The number of phenols is 2. The minimum Gasteiger partial charge on any atom is -0.508 e. The van der Waals surface area contributed by atoms with E-state index in [1.54, 1.807) is 12.1 Å². The van der Waals surface area contributed by atoms with Crippen molar-refractivity contribution in [3.05, 3.63) is 58.7 Å². The Balaban J connectivity index is 0.000000181. The van der Waals surface area contributed by atoms with E-state index in [1.807, 2.05) is 31.3 Å². The molecule has 0 atom stereocenters. The van der Waals surface area contributed by atoms with Gasteiger partial charge in [-0.2, -0.15) is 0 Å². The largest absolute Gasteiger partial charge is 0.508 e. The molecule has 0 spiro atoms. The van der Waals surface area contributed by atoms with Crippen molar-refractivity contribution >= 4 is 6.21 Å². The number of phenolic OH excluding ortho intramolecular Hbond substituents is 2. The molecule has 0 saturated heterocycles. The topological polar surface area (TPSA) is 64.9 Å². The SMILES string of the molecule is Cc1ccc(O)c(C=NC2CCCCC2)c1.Cc1ccc(O)c(CNC2CCCCC2)c1. The van der Waals surface area contributed by atoms with Gasteiger partial charge in [0.1, 0.15) is 11.5 Å². The van der Waals surface area contributed by atoms with Crippen LogP contribution in [0.1, 0.15) is 86.5 Å². The van der Waals surface area contributed by atoms with Gasteiger partial charge >= 0.3 is 0 Å². The quantitative estimate of drug-likeness (QED) is 0.464. The molecule has 2 saturated carbocycles. The lowest BCUT2D eigenvalue weighted by Gasteiger charge is -2.23. The number of benzene rings is 2. The Labute approximate surface area is 193 Å². The van der Waals surface area contributed by atoms with Gasteiger partial charge in [0.15, 0.2) is 0 Å². The molecule has 0 radical (unpaired) electrons. The van der Waals surface area contributed by atoms with E-state index in [1.165, 1.54) is 69.8 Å². The molecule has 0 unspecified atom stereocenters. The summed E-state index contributed by atoms with van der Waals surface area (Å²) in [5, 5.41) is 22.9. The second-order valence-electron chi connectivity index (χ2n) is 9.48. The summed E-state index contributed by atoms with van der Waals surface area (Å²) in [7, 11) is 0. The summed E-state index contributed by atoms with van der Waals surface area (Å²) in [5.74, 6) is 0.735. The molecule has 3 N–H and O–H groups in total. The van der Waals surface area contributed by atoms with E-state index >= 15 is 0 Å². The monoisotopic (exact) mass is 436 g/mol. The fourth-order valence-corrected chi connectivity index (χ4v) is 4.61. The minimum atomic E-state index is 0.324. The molecule has 0 amide bonds. The van der Waals surface area contributed by atoms with Crippen molar-refractivity contribution < 1.29 is 10.2 Å². The zero-order valence-corrected chi connectivity index (χ0v) is 19.8. The van der Waals surface area contributed by atoms with Crippen LogP contribution in [0, 0.1) is 13.8 Å². The molecule has 4 heteroatoms. The average molecular weight is 437 g/mol. The molecule has 2 aromatic rings. The molecule has 0 aliphatic heterocycles. The minimum absolute atomic E-state index is 0.324. The Hall–Kier alpha value is -2.33. The standard InChI is InChI=1S/C14H21NO.C14H19NO/c2*1-11-7-8-14(16)12(9-11)10-15-13-5-3-2-4-6-13/h7-9,13,15-16H,2-6,10H2,1H3;7-10,13,16H,2-6H2,1H3. The van der Waals surface area contributed by atoms with Crippen LogP contribution in [0.3, 0.4) is 0 Å². The van der Waals surface area contributed by atoms with Crippen molar-refractivity contribution in [3.63, 3.8) is 0 Å². The average Bonchev–Trinajstić information content (AvgIpc) is 2.82. The first-order valence-corrected chi connectivity index (χ1v) is 12.4. The number of aliphatic imine (C=N–C) groups is 1. The summed E-state index contributed by atoms with van der Waals surface area (Å²) >= 11 is 0. The van der Waals surface area contributed by atoms with E-state index in [4.69, 9.17) is 0 Å². The predicted molar refractivity (Wildman–Crippen MR) is 134 cm³/mol. The van der Waals surface area contributed by atoms with Gasteiger partial charge in [-0.25, -0.2) is 0 Å². The van der Waals surface area contributed by atoms with Gasteiger partial charge in [-0.3, -0.25) is 4.99 Å². The van der Waals surface area contributed by atoms with Gasteiger partial charge in [0.05, 0.1) is 0 Å². The zero-order chi connectivity index (χ0) is 22.8. The molecule has 0 bridgehead atoms. The Morgan fingerprint density at radius 3 is 2.09 bits per heavy atom. The highest BCUT2D eigenvalue weighted by Crippen LogP contribution is 2.22. The summed E-state index contributed by atoms with van der Waals surface area (Å²) in [6.07, 6.45) is 14.8. The Morgan fingerprint density at radius 1 is 0.812 bits per heavy atom. The van der Waals surface area contributed by atoms with E-state index in [0.29, 0.717) is 23.6 Å². The van der Waals surface area contributed by atoms with E-state index in [-0.39, 0.29) is 0 Å². The van der Waals surface area contributed by atoms with Gasteiger partial charge in [0, 0.05) is 36.0 Å². The summed E-state index contributed by atoms with van der Waals surface area (Å²) in [6, 6.07) is 12.5. The Morgan fingerprint density at radius 2 is 1.41 bits per heavy atom. The number of hydrogen-bond donors (Lipinski definition) is 3. The van der Waals surface area contributed by atoms with Gasteiger partial charge in [-0.1, -0.05) is 67.9 Å². The van der Waals surface area contributed by atoms with Crippen LogP contribution in [-0.2, 0) is 6.54 Å². The van der Waals surface area contributed by atoms with Gasteiger partial charge in [-0.05, 0) is 57.7 Å². The van der Waals surface area contributed by atoms with Crippen molar-refractivity contribution in [3.8, 4) is 11.5 Å². The van der Waals surface area contributed by atoms with Crippen LogP contribution in [0.5, 0.6) is 11.5 Å². The lowest BCUT2D eigenvalue weighted by molar-refractivity contribution is 0.369. The predicted octanol–water partition coefficient (Wildman–Crippen LogP) is 6.58. The number of aromatic hydroxyl groups is 2. The highest BCUT2D eigenvalue weighted by molar-refractivity contribution is 5.83. The third-order valence-electron chi connectivity index (χ3n) is 6.60. The summed E-state index contributed by atoms with van der Waals surface area (Å²) < 4.78 is 0. The number of rotatable bonds is 5. The maximum atomic E-state index is 9.72. The first-order chi connectivity index (χ1) is 15.5. The molecular formula is C28H40N2O2. The number of aryl methyl sites for hydroxylation is 2. The molecule has 0 heterocycles. The summed E-state index contributed by atoms with van der Waals surface area (Å²) in [6.45, 7) is 4.87. The van der Waals surface area contributed by atoms with Crippen LogP contribution in [0.15, 0.2) is 41.4 Å². The smallest absolute Gasteiger partial charge is 0.124 e.